The zero-order valence-electron chi connectivity index (χ0n) is 11.2. The second-order valence-electron chi connectivity index (χ2n) is 5.29. The number of hydrogen-bond donors (Lipinski definition) is 4. The van der Waals surface area contributed by atoms with Gasteiger partial charge in [0.05, 0.1) is 6.33 Å². The van der Waals surface area contributed by atoms with Crippen LogP contribution in [0.3, 0.4) is 0 Å². The van der Waals surface area contributed by atoms with Crippen molar-refractivity contribution in [3.63, 3.8) is 0 Å². The van der Waals surface area contributed by atoms with Gasteiger partial charge < -0.3 is 21.1 Å². The van der Waals surface area contributed by atoms with E-state index in [-0.39, 0.29) is 24.3 Å². The van der Waals surface area contributed by atoms with Gasteiger partial charge in [-0.2, -0.15) is 0 Å². The van der Waals surface area contributed by atoms with Crippen LogP contribution in [0.5, 0.6) is 0 Å². The molecule has 0 saturated heterocycles. The van der Waals surface area contributed by atoms with E-state index in [1.165, 1.54) is 6.33 Å². The van der Waals surface area contributed by atoms with Crippen molar-refractivity contribution in [3.05, 3.63) is 18.2 Å². The molecule has 1 atom stereocenters. The highest BCUT2D eigenvalue weighted by Gasteiger charge is 2.28. The number of nitrogens with zero attached hydrogens (tertiary/aromatic N) is 1. The molecule has 1 aromatic heterocycles. The summed E-state index contributed by atoms with van der Waals surface area (Å²) < 4.78 is 0. The third kappa shape index (κ3) is 3.80. The number of nitrogens with one attached hydrogen (secondary N) is 2. The Morgan fingerprint density at radius 3 is 2.70 bits per heavy atom. The molecule has 20 heavy (non-hydrogen) atoms. The molecular formula is C13H20N4O3. The van der Waals surface area contributed by atoms with Crippen LogP contribution in [0.15, 0.2) is 12.5 Å². The van der Waals surface area contributed by atoms with Crippen molar-refractivity contribution in [1.82, 2.24) is 15.3 Å². The molecule has 2 rings (SSSR count). The van der Waals surface area contributed by atoms with Crippen LogP contribution in [0, 0.1) is 5.92 Å². The minimum Gasteiger partial charge on any atom is -0.480 e. The topological polar surface area (TPSA) is 121 Å². The largest absolute Gasteiger partial charge is 0.480 e. The van der Waals surface area contributed by atoms with Gasteiger partial charge in [-0.05, 0) is 25.7 Å². The Bertz CT molecular complexity index is 452. The number of rotatable bonds is 5. The molecule has 1 aliphatic rings. The van der Waals surface area contributed by atoms with Crippen LogP contribution in [0.2, 0.25) is 0 Å². The van der Waals surface area contributed by atoms with E-state index >= 15 is 0 Å². The standard InChI is InChI=1S/C13H20N4O3/c14-9-3-1-8(2-4-9)12(18)17-11(13(19)20)5-10-6-15-7-16-10/h6-9,11H,1-5,14H2,(H,15,16)(H,17,18)(H,19,20)/t8?,9?,11-/m0/s1. The molecule has 5 N–H and O–H groups in total. The predicted molar refractivity (Wildman–Crippen MR) is 71.8 cm³/mol. The molecule has 0 aliphatic heterocycles. The maximum atomic E-state index is 12.1. The fourth-order valence-corrected chi connectivity index (χ4v) is 2.49. The van der Waals surface area contributed by atoms with E-state index in [0.29, 0.717) is 5.69 Å². The fraction of sp³-hybridized carbons (Fsp3) is 0.615. The zero-order chi connectivity index (χ0) is 14.5. The average molecular weight is 280 g/mol. The van der Waals surface area contributed by atoms with E-state index in [4.69, 9.17) is 5.73 Å². The third-order valence-corrected chi connectivity index (χ3v) is 3.74. The summed E-state index contributed by atoms with van der Waals surface area (Å²) in [5.41, 5.74) is 6.48. The predicted octanol–water partition coefficient (Wildman–Crippen LogP) is 0.0391. The minimum absolute atomic E-state index is 0.126. The fourth-order valence-electron chi connectivity index (χ4n) is 2.49. The summed E-state index contributed by atoms with van der Waals surface area (Å²) in [6, 6.07) is -0.766. The quantitative estimate of drug-likeness (QED) is 0.606. The molecule has 1 heterocycles. The Balaban J connectivity index is 1.90. The van der Waals surface area contributed by atoms with E-state index in [0.717, 1.165) is 25.7 Å². The van der Waals surface area contributed by atoms with Gasteiger partial charge in [0.25, 0.3) is 0 Å². The number of carboxylic acids is 1. The van der Waals surface area contributed by atoms with Gasteiger partial charge in [-0.3, -0.25) is 4.79 Å². The van der Waals surface area contributed by atoms with Gasteiger partial charge in [0.15, 0.2) is 0 Å². The highest BCUT2D eigenvalue weighted by atomic mass is 16.4. The van der Waals surface area contributed by atoms with Crippen molar-refractivity contribution in [2.45, 2.75) is 44.2 Å². The number of nitrogens with two attached hydrogens (primary N) is 1. The highest BCUT2D eigenvalue weighted by molar-refractivity contribution is 5.85. The lowest BCUT2D eigenvalue weighted by atomic mass is 9.85. The number of aromatic amines is 1. The first-order chi connectivity index (χ1) is 9.56. The number of carbonyl (C=O) groups excluding carboxylic acids is 1. The summed E-state index contributed by atoms with van der Waals surface area (Å²) in [6.45, 7) is 0. The average Bonchev–Trinajstić information content (AvgIpc) is 2.91. The number of H-pyrrole nitrogens is 1. The molecule has 0 unspecified atom stereocenters. The van der Waals surface area contributed by atoms with Gasteiger partial charge in [0, 0.05) is 30.3 Å². The Hall–Kier alpha value is -1.89. The van der Waals surface area contributed by atoms with Gasteiger partial charge in [-0.25, -0.2) is 9.78 Å². The maximum absolute atomic E-state index is 12.1. The molecule has 0 bridgehead atoms. The van der Waals surface area contributed by atoms with Gasteiger partial charge in [0.1, 0.15) is 6.04 Å². The van der Waals surface area contributed by atoms with Crippen molar-refractivity contribution >= 4 is 11.9 Å². The summed E-state index contributed by atoms with van der Waals surface area (Å²) >= 11 is 0. The molecule has 0 aromatic carbocycles. The summed E-state index contributed by atoms with van der Waals surface area (Å²) in [7, 11) is 0. The van der Waals surface area contributed by atoms with Crippen molar-refractivity contribution < 1.29 is 14.7 Å². The second kappa shape index (κ2) is 6.51. The molecule has 7 heteroatoms. The zero-order valence-corrected chi connectivity index (χ0v) is 11.2. The first-order valence-electron chi connectivity index (χ1n) is 6.82. The van der Waals surface area contributed by atoms with Gasteiger partial charge in [-0.1, -0.05) is 0 Å². The Kier molecular flexibility index (Phi) is 4.73. The van der Waals surface area contributed by atoms with E-state index in [1.54, 1.807) is 6.20 Å². The highest BCUT2D eigenvalue weighted by Crippen LogP contribution is 2.23. The summed E-state index contributed by atoms with van der Waals surface area (Å²) in [5.74, 6) is -1.36. The molecule has 1 fully saturated rings. The number of aliphatic carboxylic acids is 1. The molecule has 1 aliphatic carbocycles. The molecule has 1 aromatic rings. The molecule has 7 nitrogen and oxygen atoms in total. The molecule has 110 valence electrons. The van der Waals surface area contributed by atoms with Crippen LogP contribution in [-0.2, 0) is 16.0 Å². The van der Waals surface area contributed by atoms with Gasteiger partial charge in [-0.15, -0.1) is 0 Å². The Labute approximate surface area is 117 Å². The van der Waals surface area contributed by atoms with E-state index in [9.17, 15) is 14.7 Å². The normalized spacial score (nSPS) is 24.1. The van der Waals surface area contributed by atoms with Crippen LogP contribution < -0.4 is 11.1 Å². The second-order valence-corrected chi connectivity index (χ2v) is 5.29. The first kappa shape index (κ1) is 14.5. The lowest BCUT2D eigenvalue weighted by Crippen LogP contribution is -2.46. The number of carbonyl (C=O) groups is 2. The molecule has 0 radical (unpaired) electrons. The van der Waals surface area contributed by atoms with Gasteiger partial charge in [0.2, 0.25) is 5.91 Å². The van der Waals surface area contributed by atoms with Crippen LogP contribution in [0.1, 0.15) is 31.4 Å². The Morgan fingerprint density at radius 2 is 2.15 bits per heavy atom. The maximum Gasteiger partial charge on any atom is 0.326 e. The number of amides is 1. The van der Waals surface area contributed by atoms with Crippen molar-refractivity contribution in [2.75, 3.05) is 0 Å². The smallest absolute Gasteiger partial charge is 0.326 e. The van der Waals surface area contributed by atoms with Crippen LogP contribution in [0.25, 0.3) is 0 Å². The SMILES string of the molecule is NC1CCC(C(=O)N[C@@H](Cc2cnc[nH]2)C(=O)O)CC1. The summed E-state index contributed by atoms with van der Waals surface area (Å²) in [6.07, 6.45) is 6.33. The number of carboxylic acid groups (broad SMARTS) is 1. The van der Waals surface area contributed by atoms with E-state index in [2.05, 4.69) is 15.3 Å². The van der Waals surface area contributed by atoms with Crippen molar-refractivity contribution in [3.8, 4) is 0 Å². The third-order valence-electron chi connectivity index (χ3n) is 3.74. The lowest BCUT2D eigenvalue weighted by Gasteiger charge is -2.26. The van der Waals surface area contributed by atoms with Crippen LogP contribution >= 0.6 is 0 Å². The minimum atomic E-state index is -1.04. The molecule has 0 spiro atoms. The number of aromatic nitrogens is 2. The van der Waals surface area contributed by atoms with Crippen LogP contribution in [0.4, 0.5) is 0 Å². The van der Waals surface area contributed by atoms with Crippen molar-refractivity contribution in [2.24, 2.45) is 11.7 Å². The molecular weight excluding hydrogens is 260 g/mol. The van der Waals surface area contributed by atoms with Crippen LogP contribution in [-0.4, -0.2) is 39.0 Å². The summed E-state index contributed by atoms with van der Waals surface area (Å²) in [4.78, 5) is 30.0. The number of hydrogen-bond acceptors (Lipinski definition) is 4. The molecule has 1 amide bonds. The summed E-state index contributed by atoms with van der Waals surface area (Å²) in [5, 5.41) is 11.8. The Morgan fingerprint density at radius 1 is 1.45 bits per heavy atom. The van der Waals surface area contributed by atoms with Crippen molar-refractivity contribution in [1.29, 1.82) is 0 Å². The van der Waals surface area contributed by atoms with E-state index in [1.807, 2.05) is 0 Å². The number of imidazole rings is 1. The molecule has 1 saturated carbocycles. The first-order valence-corrected chi connectivity index (χ1v) is 6.82. The van der Waals surface area contributed by atoms with Gasteiger partial charge >= 0.3 is 5.97 Å². The monoisotopic (exact) mass is 280 g/mol. The van der Waals surface area contributed by atoms with E-state index < -0.39 is 12.0 Å². The lowest BCUT2D eigenvalue weighted by molar-refractivity contribution is -0.142.